The van der Waals surface area contributed by atoms with Crippen LogP contribution in [-0.2, 0) is 0 Å². The average Bonchev–Trinajstić information content (AvgIpc) is 2.01. The van der Waals surface area contributed by atoms with Crippen molar-refractivity contribution >= 4 is 5.82 Å². The third-order valence-corrected chi connectivity index (χ3v) is 1.10. The van der Waals surface area contributed by atoms with Crippen LogP contribution in [0.4, 0.5) is 5.82 Å². The van der Waals surface area contributed by atoms with Crippen LogP contribution in [-0.4, -0.2) is 28.3 Å². The summed E-state index contributed by atoms with van der Waals surface area (Å²) in [4.78, 5) is 3.84. The number of aromatic hydroxyl groups is 1. The van der Waals surface area contributed by atoms with Gasteiger partial charge in [-0.1, -0.05) is 0 Å². The van der Waals surface area contributed by atoms with Crippen LogP contribution in [0.2, 0.25) is 0 Å². The molecular weight excluding hydrogens is 144 g/mol. The van der Waals surface area contributed by atoms with E-state index in [1.807, 2.05) is 0 Å². The van der Waals surface area contributed by atoms with Gasteiger partial charge in [-0.25, -0.2) is 4.98 Å². The van der Waals surface area contributed by atoms with Crippen molar-refractivity contribution in [1.29, 1.82) is 0 Å². The topological polar surface area (TPSA) is 67.5 Å². The van der Waals surface area contributed by atoms with Crippen LogP contribution in [0.15, 0.2) is 18.3 Å². The first-order chi connectivity index (χ1) is 5.33. The van der Waals surface area contributed by atoms with Crippen LogP contribution in [0, 0.1) is 0 Å². The highest BCUT2D eigenvalue weighted by molar-refractivity contribution is 5.33. The highest BCUT2D eigenvalue weighted by atomic mass is 16.3. The number of hydrogen-bond acceptors (Lipinski definition) is 3. The van der Waals surface area contributed by atoms with Crippen molar-refractivity contribution in [3.8, 4) is 5.75 Å². The van der Waals surface area contributed by atoms with Crippen LogP contribution in [0.5, 0.6) is 5.75 Å². The van der Waals surface area contributed by atoms with E-state index in [-0.39, 0.29) is 12.4 Å². The number of rotatable bonds is 3. The number of pyridine rings is 1. The van der Waals surface area contributed by atoms with Crippen molar-refractivity contribution in [2.24, 2.45) is 0 Å². The Kier molecular flexibility index (Phi) is 2.68. The molecule has 0 saturated carbocycles. The summed E-state index contributed by atoms with van der Waals surface area (Å²) in [5.74, 6) is 0.579. The molecule has 0 spiro atoms. The zero-order chi connectivity index (χ0) is 8.10. The quantitative estimate of drug-likeness (QED) is 0.643. The van der Waals surface area contributed by atoms with E-state index in [1.165, 1.54) is 18.3 Å². The average molecular weight is 153 g/mol. The van der Waals surface area contributed by atoms with Gasteiger partial charge in [0.15, 0.2) is 5.82 Å². The molecule has 0 aliphatic heterocycles. The fourth-order valence-corrected chi connectivity index (χ4v) is 0.659. The molecule has 4 heteroatoms. The molecule has 1 heterocycles. The number of hydrogen-bond donors (Lipinski definition) is 2. The maximum atomic E-state index is 8.95. The lowest BCUT2D eigenvalue weighted by Crippen LogP contribution is -2.05. The van der Waals surface area contributed by atoms with Crippen LogP contribution in [0.1, 0.15) is 0 Å². The first-order valence-electron chi connectivity index (χ1n) is 3.26. The maximum Gasteiger partial charge on any atom is 0.150 e. The first kappa shape index (κ1) is 7.81. The number of aliphatic hydroxyl groups excluding tert-OH is 1. The van der Waals surface area contributed by atoms with Gasteiger partial charge in [0.05, 0.1) is 13.2 Å². The zero-order valence-electron chi connectivity index (χ0n) is 5.94. The fraction of sp³-hybridized carbons (Fsp3) is 0.286. The molecule has 1 rings (SSSR count). The monoisotopic (exact) mass is 153 g/mol. The molecule has 0 aliphatic rings. The summed E-state index contributed by atoms with van der Waals surface area (Å²) in [7, 11) is 0. The van der Waals surface area contributed by atoms with Gasteiger partial charge in [0.2, 0.25) is 0 Å². The predicted molar refractivity (Wildman–Crippen MR) is 39.6 cm³/mol. The van der Waals surface area contributed by atoms with Crippen LogP contribution in [0.3, 0.4) is 0 Å². The molecule has 0 amide bonds. The second-order valence-electron chi connectivity index (χ2n) is 1.98. The van der Waals surface area contributed by atoms with Crippen molar-refractivity contribution < 1.29 is 10.2 Å². The lowest BCUT2D eigenvalue weighted by Gasteiger charge is -1.98. The molecule has 0 fully saturated rings. The SMILES string of the molecule is OCC[N]c1cc(O)ccn1. The van der Waals surface area contributed by atoms with Gasteiger partial charge in [0.1, 0.15) is 5.75 Å². The minimum Gasteiger partial charge on any atom is -0.508 e. The van der Waals surface area contributed by atoms with E-state index in [2.05, 4.69) is 10.3 Å². The molecule has 0 aliphatic carbocycles. The smallest absolute Gasteiger partial charge is 0.150 e. The zero-order valence-corrected chi connectivity index (χ0v) is 5.94. The van der Waals surface area contributed by atoms with Crippen molar-refractivity contribution in [2.45, 2.75) is 0 Å². The molecule has 59 valence electrons. The number of nitrogens with zero attached hydrogens (tertiary/aromatic N) is 2. The molecule has 0 atom stereocenters. The summed E-state index contributed by atoms with van der Waals surface area (Å²) in [6.45, 7) is 0.313. The third-order valence-electron chi connectivity index (χ3n) is 1.10. The minimum atomic E-state index is -0.00264. The van der Waals surface area contributed by atoms with Gasteiger partial charge in [-0.05, 0) is 6.07 Å². The minimum absolute atomic E-state index is 0.00264. The Labute approximate surface area is 64.5 Å². The van der Waals surface area contributed by atoms with Gasteiger partial charge in [-0.3, -0.25) is 5.32 Å². The Hall–Kier alpha value is -1.29. The van der Waals surface area contributed by atoms with Gasteiger partial charge in [0.25, 0.3) is 0 Å². The van der Waals surface area contributed by atoms with Gasteiger partial charge >= 0.3 is 0 Å². The number of aromatic nitrogens is 1. The van der Waals surface area contributed by atoms with E-state index in [0.717, 1.165) is 0 Å². The fourth-order valence-electron chi connectivity index (χ4n) is 0.659. The van der Waals surface area contributed by atoms with Gasteiger partial charge < -0.3 is 10.2 Å². The molecule has 1 radical (unpaired) electrons. The number of aliphatic hydroxyl groups is 1. The van der Waals surface area contributed by atoms with E-state index < -0.39 is 0 Å². The van der Waals surface area contributed by atoms with E-state index in [0.29, 0.717) is 12.4 Å². The molecule has 4 nitrogen and oxygen atoms in total. The van der Waals surface area contributed by atoms with E-state index in [1.54, 1.807) is 0 Å². The van der Waals surface area contributed by atoms with Crippen LogP contribution < -0.4 is 5.32 Å². The van der Waals surface area contributed by atoms with Crippen LogP contribution in [0.25, 0.3) is 0 Å². The largest absolute Gasteiger partial charge is 0.508 e. The summed E-state index contributed by atoms with van der Waals surface area (Å²) in [6, 6.07) is 2.91. The van der Waals surface area contributed by atoms with Crippen LogP contribution >= 0.6 is 0 Å². The van der Waals surface area contributed by atoms with Crippen molar-refractivity contribution in [2.75, 3.05) is 13.2 Å². The van der Waals surface area contributed by atoms with E-state index in [9.17, 15) is 0 Å². The molecule has 0 unspecified atom stereocenters. The highest BCUT2D eigenvalue weighted by Crippen LogP contribution is 2.11. The Morgan fingerprint density at radius 3 is 3.00 bits per heavy atom. The highest BCUT2D eigenvalue weighted by Gasteiger charge is 1.94. The summed E-state index contributed by atoms with van der Waals surface area (Å²) in [5.41, 5.74) is 0. The Morgan fingerprint density at radius 2 is 2.36 bits per heavy atom. The molecule has 2 N–H and O–H groups in total. The third kappa shape index (κ3) is 2.43. The maximum absolute atomic E-state index is 8.95. The normalized spacial score (nSPS) is 9.55. The molecular formula is C7H9N2O2. The molecule has 0 saturated heterocycles. The van der Waals surface area contributed by atoms with Gasteiger partial charge in [-0.15, -0.1) is 0 Å². The van der Waals surface area contributed by atoms with Crippen molar-refractivity contribution in [3.63, 3.8) is 0 Å². The predicted octanol–water partition coefficient (Wildman–Crippen LogP) is 0.0154. The van der Waals surface area contributed by atoms with Gasteiger partial charge in [0, 0.05) is 12.3 Å². The second-order valence-corrected chi connectivity index (χ2v) is 1.98. The standard InChI is InChI=1S/C7H9N2O2/c10-4-3-9-7-5-6(11)1-2-8-7/h1-2,5,10H,3-4H2,(H,8,11). The Morgan fingerprint density at radius 1 is 1.55 bits per heavy atom. The second kappa shape index (κ2) is 3.78. The van der Waals surface area contributed by atoms with E-state index in [4.69, 9.17) is 10.2 Å². The van der Waals surface area contributed by atoms with Crippen molar-refractivity contribution in [3.05, 3.63) is 18.3 Å². The summed E-state index contributed by atoms with van der Waals surface area (Å²) in [6.07, 6.45) is 1.46. The lowest BCUT2D eigenvalue weighted by molar-refractivity contribution is 0.297. The van der Waals surface area contributed by atoms with E-state index >= 15 is 0 Å². The molecule has 0 bridgehead atoms. The molecule has 1 aromatic rings. The van der Waals surface area contributed by atoms with Crippen molar-refractivity contribution in [1.82, 2.24) is 10.3 Å². The summed E-state index contributed by atoms with van der Waals surface area (Å²) < 4.78 is 0. The molecule has 11 heavy (non-hydrogen) atoms. The molecule has 1 aromatic heterocycles. The summed E-state index contributed by atoms with van der Waals surface area (Å²) in [5, 5.41) is 21.2. The summed E-state index contributed by atoms with van der Waals surface area (Å²) >= 11 is 0. The Bertz CT molecular complexity index is 227. The Balaban J connectivity index is 2.56. The molecule has 0 aromatic carbocycles. The first-order valence-corrected chi connectivity index (χ1v) is 3.26. The van der Waals surface area contributed by atoms with Gasteiger partial charge in [-0.2, -0.15) is 0 Å². The lowest BCUT2D eigenvalue weighted by atomic mass is 10.4.